The summed E-state index contributed by atoms with van der Waals surface area (Å²) in [6.07, 6.45) is 12.6. The largest absolute Gasteiger partial charge is 0.457 e. The number of hydrogen-bond acceptors (Lipinski definition) is 12. The molecular weight excluding hydrogens is 877 g/mol. The van der Waals surface area contributed by atoms with E-state index in [9.17, 15) is 40.5 Å². The molecular formula is C57H100O12. The second-order valence-corrected chi connectivity index (χ2v) is 24.2. The molecule has 0 radical (unpaired) electrons. The molecule has 0 unspecified atom stereocenters. The van der Waals surface area contributed by atoms with Crippen LogP contribution >= 0.6 is 0 Å². The van der Waals surface area contributed by atoms with Gasteiger partial charge in [-0.15, -0.1) is 0 Å². The van der Waals surface area contributed by atoms with Crippen molar-refractivity contribution in [3.8, 4) is 0 Å². The number of carbonyl (C=O) groups is 1. The summed E-state index contributed by atoms with van der Waals surface area (Å²) in [6, 6.07) is 0. The molecule has 12 heteroatoms. The van der Waals surface area contributed by atoms with E-state index in [0.29, 0.717) is 30.1 Å². The van der Waals surface area contributed by atoms with Crippen molar-refractivity contribution < 1.29 is 59.5 Å². The molecule has 0 amide bonds. The zero-order chi connectivity index (χ0) is 50.0. The summed E-state index contributed by atoms with van der Waals surface area (Å²) in [4.78, 5) is 13.0. The highest BCUT2D eigenvalue weighted by Crippen LogP contribution is 2.67. The Morgan fingerprint density at radius 3 is 1.93 bits per heavy atom. The first-order valence-corrected chi connectivity index (χ1v) is 28.5. The van der Waals surface area contributed by atoms with Crippen LogP contribution in [0.3, 0.4) is 0 Å². The summed E-state index contributed by atoms with van der Waals surface area (Å²) in [5, 5.41) is 76.4. The minimum Gasteiger partial charge on any atom is -0.457 e. The molecule has 0 aromatic heterocycles. The van der Waals surface area contributed by atoms with E-state index in [1.807, 2.05) is 0 Å². The third-order valence-electron chi connectivity index (χ3n) is 19.5. The van der Waals surface area contributed by atoms with E-state index in [4.69, 9.17) is 18.9 Å². The third-order valence-corrected chi connectivity index (χ3v) is 19.5. The lowest BCUT2D eigenvalue weighted by molar-refractivity contribution is -0.320. The Morgan fingerprint density at radius 1 is 0.696 bits per heavy atom. The summed E-state index contributed by atoms with van der Waals surface area (Å²) in [5.41, 5.74) is 1.89. The van der Waals surface area contributed by atoms with Gasteiger partial charge in [0.2, 0.25) is 0 Å². The fourth-order valence-electron chi connectivity index (χ4n) is 15.0. The van der Waals surface area contributed by atoms with Gasteiger partial charge in [0.05, 0.1) is 12.7 Å². The fourth-order valence-corrected chi connectivity index (χ4v) is 15.0. The minimum absolute atomic E-state index is 0.0759. The Bertz CT molecular complexity index is 1580. The van der Waals surface area contributed by atoms with E-state index in [0.717, 1.165) is 68.1 Å². The minimum atomic E-state index is -1.81. The standard InChI is InChI=1S/C57H100O12/c1-8-10-11-12-13-14-15-16-17-18-19-20-21-22-45(58)69-54-51(64)49(62)48(61)50(63)53(54)66-34-44-46(59)47(60)52(65)55(68-44)67-39-29-31-56(6)38(33-39)25-26-40-42-28-27-41(57(42,7)32-30-43(40)56)36(5)23-24-37(9-2)35(3)4/h25,35-37,39-44,46-55,59-65H,8-24,26-34H2,1-7H3/t36-,37-,39+,40+,41-,42+,43+,44-,46-,47+,48+,49+,50-,51-,52-,53+,54-,55-,56+,57-/m1/s1. The van der Waals surface area contributed by atoms with Gasteiger partial charge in [0.1, 0.15) is 54.9 Å². The number of aliphatic hydroxyl groups excluding tert-OH is 7. The van der Waals surface area contributed by atoms with E-state index in [1.165, 1.54) is 108 Å². The van der Waals surface area contributed by atoms with Crippen molar-refractivity contribution in [1.82, 2.24) is 0 Å². The van der Waals surface area contributed by atoms with Gasteiger partial charge in [-0.2, -0.15) is 0 Å². The molecule has 1 heterocycles. The van der Waals surface area contributed by atoms with Gasteiger partial charge in [0, 0.05) is 6.42 Å². The second-order valence-electron chi connectivity index (χ2n) is 24.2. The molecule has 69 heavy (non-hydrogen) atoms. The van der Waals surface area contributed by atoms with Crippen molar-refractivity contribution in [3.63, 3.8) is 0 Å². The molecule has 20 atom stereocenters. The molecule has 0 aromatic carbocycles. The molecule has 12 nitrogen and oxygen atoms in total. The average Bonchev–Trinajstić information content (AvgIpc) is 3.69. The van der Waals surface area contributed by atoms with Crippen LogP contribution < -0.4 is 0 Å². The maximum absolute atomic E-state index is 13.0. The Morgan fingerprint density at radius 2 is 1.30 bits per heavy atom. The van der Waals surface area contributed by atoms with Gasteiger partial charge in [-0.3, -0.25) is 4.79 Å². The highest BCUT2D eigenvalue weighted by molar-refractivity contribution is 5.69. The zero-order valence-corrected chi connectivity index (χ0v) is 44.1. The number of aliphatic hydroxyl groups is 7. The lowest BCUT2D eigenvalue weighted by Gasteiger charge is -2.58. The molecule has 0 aromatic rings. The number of ether oxygens (including phenoxy) is 4. The summed E-state index contributed by atoms with van der Waals surface area (Å²) in [5.74, 6) is 4.54. The first-order chi connectivity index (χ1) is 33.0. The van der Waals surface area contributed by atoms with Gasteiger partial charge in [-0.25, -0.2) is 0 Å². The Hall–Kier alpha value is -1.19. The van der Waals surface area contributed by atoms with E-state index in [1.54, 1.807) is 0 Å². The molecule has 1 saturated heterocycles. The Balaban J connectivity index is 0.987. The molecule has 4 saturated carbocycles. The fraction of sp³-hybridized carbons (Fsp3) is 0.947. The highest BCUT2D eigenvalue weighted by Gasteiger charge is 2.60. The third kappa shape index (κ3) is 13.6. The van der Waals surface area contributed by atoms with Crippen molar-refractivity contribution in [2.75, 3.05) is 6.61 Å². The first kappa shape index (κ1) is 57.1. The Kier molecular flexibility index (Phi) is 21.8. The van der Waals surface area contributed by atoms with Gasteiger partial charge >= 0.3 is 5.97 Å². The van der Waals surface area contributed by atoms with Crippen LogP contribution in [0.5, 0.6) is 0 Å². The summed E-state index contributed by atoms with van der Waals surface area (Å²) >= 11 is 0. The van der Waals surface area contributed by atoms with Gasteiger partial charge < -0.3 is 54.7 Å². The average molecular weight is 977 g/mol. The number of carbonyl (C=O) groups excluding carboxylic acids is 1. The van der Waals surface area contributed by atoms with Crippen LogP contribution in [0, 0.1) is 52.3 Å². The van der Waals surface area contributed by atoms with Crippen LogP contribution in [0.1, 0.15) is 209 Å². The van der Waals surface area contributed by atoms with Crippen LogP contribution in [0.4, 0.5) is 0 Å². The van der Waals surface area contributed by atoms with Crippen LogP contribution in [0.2, 0.25) is 0 Å². The van der Waals surface area contributed by atoms with E-state index in [2.05, 4.69) is 54.5 Å². The molecule has 7 N–H and O–H groups in total. The number of unbranched alkanes of at least 4 members (excludes halogenated alkanes) is 12. The predicted molar refractivity (Wildman–Crippen MR) is 268 cm³/mol. The van der Waals surface area contributed by atoms with Gasteiger partial charge in [-0.1, -0.05) is 150 Å². The lowest BCUT2D eigenvalue weighted by atomic mass is 9.47. The highest BCUT2D eigenvalue weighted by atomic mass is 16.7. The molecule has 6 rings (SSSR count). The van der Waals surface area contributed by atoms with Crippen LogP contribution in [-0.4, -0.2) is 122 Å². The number of esters is 1. The maximum Gasteiger partial charge on any atom is 0.306 e. The first-order valence-electron chi connectivity index (χ1n) is 28.5. The van der Waals surface area contributed by atoms with E-state index in [-0.39, 0.29) is 17.9 Å². The normalized spacial score (nSPS) is 40.9. The number of rotatable bonds is 26. The van der Waals surface area contributed by atoms with E-state index >= 15 is 0 Å². The monoisotopic (exact) mass is 977 g/mol. The number of fused-ring (bicyclic) bond motifs is 5. The van der Waals surface area contributed by atoms with Crippen molar-refractivity contribution in [2.24, 2.45) is 52.3 Å². The van der Waals surface area contributed by atoms with Crippen molar-refractivity contribution >= 4 is 5.97 Å². The summed E-state index contributed by atoms with van der Waals surface area (Å²) in [7, 11) is 0. The maximum atomic E-state index is 13.0. The van der Waals surface area contributed by atoms with Crippen molar-refractivity contribution in [3.05, 3.63) is 11.6 Å². The van der Waals surface area contributed by atoms with Crippen molar-refractivity contribution in [1.29, 1.82) is 0 Å². The SMILES string of the molecule is CCCCCCCCCCCCCCCC(=O)O[C@@H]1[C@H](O)[C@@H](O)[C@H](O)[C@@H](O)[C@@H]1OC[C@H]1O[C@@H](O[C@H]2CC[C@@]3(C)C(=CC[C@H]4[C@@H]5CC[C@H]([C@H](C)CC[C@@H](CC)C(C)C)[C@@]5(C)CC[C@@H]43)C2)[C@H](O)[C@@H](O)[C@@H]1O. The van der Waals surface area contributed by atoms with Crippen LogP contribution in [0.15, 0.2) is 11.6 Å². The predicted octanol–water partition coefficient (Wildman–Crippen LogP) is 9.09. The molecule has 400 valence electrons. The van der Waals surface area contributed by atoms with Crippen LogP contribution in [0.25, 0.3) is 0 Å². The van der Waals surface area contributed by atoms with Gasteiger partial charge in [0.15, 0.2) is 12.4 Å². The molecule has 0 bridgehead atoms. The van der Waals surface area contributed by atoms with E-state index < -0.39 is 79.9 Å². The lowest BCUT2D eigenvalue weighted by Crippen LogP contribution is -2.66. The number of allylic oxidation sites excluding steroid dienone is 1. The molecule has 5 fully saturated rings. The molecule has 6 aliphatic rings. The number of hydrogen-bond donors (Lipinski definition) is 7. The molecule has 1 aliphatic heterocycles. The smallest absolute Gasteiger partial charge is 0.306 e. The topological polar surface area (TPSA) is 196 Å². The van der Waals surface area contributed by atoms with Gasteiger partial charge in [0.25, 0.3) is 0 Å². The molecule has 0 spiro atoms. The van der Waals surface area contributed by atoms with Crippen LogP contribution in [-0.2, 0) is 23.7 Å². The van der Waals surface area contributed by atoms with Crippen molar-refractivity contribution in [2.45, 2.75) is 282 Å². The quantitative estimate of drug-likeness (QED) is 0.0247. The zero-order valence-electron chi connectivity index (χ0n) is 44.1. The Labute approximate surface area is 417 Å². The summed E-state index contributed by atoms with van der Waals surface area (Å²) < 4.78 is 24.2. The summed E-state index contributed by atoms with van der Waals surface area (Å²) in [6.45, 7) is 16.5. The van der Waals surface area contributed by atoms with Gasteiger partial charge in [-0.05, 0) is 116 Å². The molecule has 5 aliphatic carbocycles. The second kappa shape index (κ2) is 26.3.